The first-order valence-electron chi connectivity index (χ1n) is 8.55. The van der Waals surface area contributed by atoms with Crippen molar-refractivity contribution >= 4 is 17.5 Å². The van der Waals surface area contributed by atoms with Crippen molar-refractivity contribution in [2.45, 2.75) is 13.3 Å². The number of aromatic nitrogens is 2. The molecule has 0 aliphatic rings. The van der Waals surface area contributed by atoms with Gasteiger partial charge in [0.15, 0.2) is 0 Å². The van der Waals surface area contributed by atoms with Crippen molar-refractivity contribution in [3.05, 3.63) is 72.2 Å². The molecular weight excluding hydrogens is 331 g/mol. The van der Waals surface area contributed by atoms with Gasteiger partial charge in [0.2, 0.25) is 5.95 Å². The first kappa shape index (κ1) is 17.7. The van der Waals surface area contributed by atoms with Gasteiger partial charge in [-0.3, -0.25) is 0 Å². The molecule has 3 rings (SSSR count). The van der Waals surface area contributed by atoms with Crippen LogP contribution in [0.5, 0.6) is 5.75 Å². The zero-order valence-corrected chi connectivity index (χ0v) is 14.6. The normalized spacial score (nSPS) is 10.4. The number of para-hydroxylation sites is 2. The van der Waals surface area contributed by atoms with Crippen LogP contribution in [-0.2, 0) is 6.42 Å². The van der Waals surface area contributed by atoms with E-state index < -0.39 is 0 Å². The summed E-state index contributed by atoms with van der Waals surface area (Å²) >= 11 is 0. The maximum absolute atomic E-state index is 13.6. The van der Waals surface area contributed by atoms with Gasteiger partial charge in [-0.05, 0) is 43.2 Å². The van der Waals surface area contributed by atoms with Crippen molar-refractivity contribution in [3.8, 4) is 5.75 Å². The first-order valence-corrected chi connectivity index (χ1v) is 8.55. The second-order valence-electron chi connectivity index (χ2n) is 5.59. The number of ether oxygens (including phenoxy) is 1. The third-order valence-electron chi connectivity index (χ3n) is 3.74. The quantitative estimate of drug-likeness (QED) is 0.629. The fourth-order valence-corrected chi connectivity index (χ4v) is 2.51. The molecule has 2 aromatic carbocycles. The molecule has 6 heteroatoms. The number of rotatable bonds is 8. The molecule has 26 heavy (non-hydrogen) atoms. The Morgan fingerprint density at radius 1 is 1.04 bits per heavy atom. The highest BCUT2D eigenvalue weighted by molar-refractivity contribution is 5.64. The molecule has 0 atom stereocenters. The van der Waals surface area contributed by atoms with E-state index in [0.717, 1.165) is 11.4 Å². The zero-order valence-electron chi connectivity index (χ0n) is 14.6. The Morgan fingerprint density at radius 2 is 1.85 bits per heavy atom. The molecule has 0 radical (unpaired) electrons. The minimum atomic E-state index is -0.196. The number of anilines is 3. The fourth-order valence-electron chi connectivity index (χ4n) is 2.51. The van der Waals surface area contributed by atoms with Crippen molar-refractivity contribution in [2.75, 3.05) is 23.8 Å². The lowest BCUT2D eigenvalue weighted by Crippen LogP contribution is -2.09. The summed E-state index contributed by atoms with van der Waals surface area (Å²) in [4.78, 5) is 8.65. The van der Waals surface area contributed by atoms with Gasteiger partial charge in [0.25, 0.3) is 0 Å². The summed E-state index contributed by atoms with van der Waals surface area (Å²) in [5, 5.41) is 6.37. The van der Waals surface area contributed by atoms with Crippen LogP contribution >= 0.6 is 0 Å². The van der Waals surface area contributed by atoms with E-state index in [1.54, 1.807) is 24.4 Å². The van der Waals surface area contributed by atoms with Crippen LogP contribution in [0.2, 0.25) is 0 Å². The van der Waals surface area contributed by atoms with E-state index in [9.17, 15) is 4.39 Å². The van der Waals surface area contributed by atoms with Gasteiger partial charge in [-0.15, -0.1) is 0 Å². The summed E-state index contributed by atoms with van der Waals surface area (Å²) in [6.45, 7) is 3.07. The van der Waals surface area contributed by atoms with Gasteiger partial charge < -0.3 is 15.4 Å². The summed E-state index contributed by atoms with van der Waals surface area (Å²) in [5.41, 5.74) is 1.50. The van der Waals surface area contributed by atoms with Crippen LogP contribution in [0, 0.1) is 5.82 Å². The molecular formula is C20H21FN4O. The molecule has 0 aliphatic carbocycles. The number of benzene rings is 2. The van der Waals surface area contributed by atoms with E-state index in [1.807, 2.05) is 37.3 Å². The van der Waals surface area contributed by atoms with Crippen molar-refractivity contribution < 1.29 is 9.13 Å². The van der Waals surface area contributed by atoms with E-state index in [2.05, 4.69) is 20.6 Å². The summed E-state index contributed by atoms with van der Waals surface area (Å²) in [7, 11) is 0. The Kier molecular flexibility index (Phi) is 5.98. The van der Waals surface area contributed by atoms with E-state index in [-0.39, 0.29) is 5.82 Å². The maximum Gasteiger partial charge on any atom is 0.224 e. The number of hydrogen-bond donors (Lipinski definition) is 2. The molecule has 3 aromatic rings. The van der Waals surface area contributed by atoms with Gasteiger partial charge >= 0.3 is 0 Å². The standard InChI is InChI=1S/C20H21FN4O/c1-2-26-18-10-6-5-9-17(18)24-19-12-14-23-20(25-19)22-13-11-15-7-3-4-8-16(15)21/h3-10,12,14H,2,11,13H2,1H3,(H2,22,23,24,25). The third kappa shape index (κ3) is 4.69. The number of halogens is 1. The molecule has 0 aliphatic heterocycles. The Labute approximate surface area is 152 Å². The molecule has 0 bridgehead atoms. The topological polar surface area (TPSA) is 59.1 Å². The second-order valence-corrected chi connectivity index (χ2v) is 5.59. The van der Waals surface area contributed by atoms with E-state index >= 15 is 0 Å². The molecule has 2 N–H and O–H groups in total. The average molecular weight is 352 g/mol. The van der Waals surface area contributed by atoms with Crippen molar-refractivity contribution in [3.63, 3.8) is 0 Å². The Balaban J connectivity index is 1.62. The van der Waals surface area contributed by atoms with Crippen molar-refractivity contribution in [1.82, 2.24) is 9.97 Å². The zero-order chi connectivity index (χ0) is 18.2. The van der Waals surface area contributed by atoms with Crippen LogP contribution < -0.4 is 15.4 Å². The Morgan fingerprint density at radius 3 is 2.69 bits per heavy atom. The van der Waals surface area contributed by atoms with Gasteiger partial charge in [-0.1, -0.05) is 30.3 Å². The monoisotopic (exact) mass is 352 g/mol. The van der Waals surface area contributed by atoms with E-state index in [0.29, 0.717) is 36.9 Å². The van der Waals surface area contributed by atoms with Gasteiger partial charge in [0.05, 0.1) is 12.3 Å². The van der Waals surface area contributed by atoms with Crippen LogP contribution in [-0.4, -0.2) is 23.1 Å². The second kappa shape index (κ2) is 8.80. The predicted molar refractivity (Wildman–Crippen MR) is 102 cm³/mol. The first-order chi connectivity index (χ1) is 12.8. The smallest absolute Gasteiger partial charge is 0.224 e. The summed E-state index contributed by atoms with van der Waals surface area (Å²) in [5.74, 6) is 1.71. The molecule has 0 saturated heterocycles. The minimum Gasteiger partial charge on any atom is -0.492 e. The van der Waals surface area contributed by atoms with Crippen LogP contribution in [0.1, 0.15) is 12.5 Å². The summed E-state index contributed by atoms with van der Waals surface area (Å²) < 4.78 is 19.2. The molecule has 0 spiro atoms. The van der Waals surface area contributed by atoms with Gasteiger partial charge in [-0.2, -0.15) is 4.98 Å². The number of nitrogens with zero attached hydrogens (tertiary/aromatic N) is 2. The third-order valence-corrected chi connectivity index (χ3v) is 3.74. The van der Waals surface area contributed by atoms with E-state index in [4.69, 9.17) is 4.74 Å². The molecule has 1 heterocycles. The molecule has 1 aromatic heterocycles. The van der Waals surface area contributed by atoms with Crippen molar-refractivity contribution in [1.29, 1.82) is 0 Å². The van der Waals surface area contributed by atoms with Crippen LogP contribution in [0.4, 0.5) is 21.8 Å². The Hall–Kier alpha value is -3.15. The predicted octanol–water partition coefficient (Wildman–Crippen LogP) is 4.41. The maximum atomic E-state index is 13.6. The van der Waals surface area contributed by atoms with E-state index in [1.165, 1.54) is 6.07 Å². The molecule has 0 saturated carbocycles. The minimum absolute atomic E-state index is 0.196. The molecule has 0 unspecified atom stereocenters. The van der Waals surface area contributed by atoms with Crippen LogP contribution in [0.15, 0.2) is 60.8 Å². The molecule has 0 amide bonds. The molecule has 0 fully saturated rings. The van der Waals surface area contributed by atoms with Gasteiger partial charge in [0.1, 0.15) is 17.4 Å². The highest BCUT2D eigenvalue weighted by Crippen LogP contribution is 2.26. The van der Waals surface area contributed by atoms with Gasteiger partial charge in [-0.25, -0.2) is 9.37 Å². The lowest BCUT2D eigenvalue weighted by Gasteiger charge is -2.12. The van der Waals surface area contributed by atoms with Crippen LogP contribution in [0.3, 0.4) is 0 Å². The summed E-state index contributed by atoms with van der Waals surface area (Å²) in [6, 6.07) is 16.2. The lowest BCUT2D eigenvalue weighted by atomic mass is 10.1. The number of hydrogen-bond acceptors (Lipinski definition) is 5. The molecule has 5 nitrogen and oxygen atoms in total. The fraction of sp³-hybridized carbons (Fsp3) is 0.200. The number of nitrogens with one attached hydrogen (secondary N) is 2. The highest BCUT2D eigenvalue weighted by Gasteiger charge is 2.05. The van der Waals surface area contributed by atoms with Gasteiger partial charge in [0, 0.05) is 12.7 Å². The largest absolute Gasteiger partial charge is 0.492 e. The van der Waals surface area contributed by atoms with Crippen molar-refractivity contribution in [2.24, 2.45) is 0 Å². The average Bonchev–Trinajstić information content (AvgIpc) is 2.66. The highest BCUT2D eigenvalue weighted by atomic mass is 19.1. The lowest BCUT2D eigenvalue weighted by molar-refractivity contribution is 0.342. The van der Waals surface area contributed by atoms with Crippen LogP contribution in [0.25, 0.3) is 0 Å². The Bertz CT molecular complexity index is 856. The SMILES string of the molecule is CCOc1ccccc1Nc1ccnc(NCCc2ccccc2F)n1. The molecule has 134 valence electrons. The summed E-state index contributed by atoms with van der Waals surface area (Å²) in [6.07, 6.45) is 2.23.